The molecular formula is C22H24BrNO2Si. The molecule has 0 radical (unpaired) electrons. The molecule has 1 aliphatic rings. The molecule has 3 nitrogen and oxygen atoms in total. The zero-order valence-corrected chi connectivity index (χ0v) is 18.5. The summed E-state index contributed by atoms with van der Waals surface area (Å²) in [6.07, 6.45) is 0.611. The highest BCUT2D eigenvalue weighted by Crippen LogP contribution is 2.28. The lowest BCUT2D eigenvalue weighted by molar-refractivity contribution is 0.0618. The molecule has 5 heteroatoms. The standard InChI is InChI=1S/C22H24BrNO2Si/c1-27(2,3)10-9-16-5-4-6-17(11-16)12-20(15-25)24-14-18-13-19(23)7-8-21(18)22(24)26/h4-8,11,13,20,25H,12,14-15H2,1-3H3/t20-/m0/s1. The van der Waals surface area contributed by atoms with Crippen molar-refractivity contribution in [3.05, 3.63) is 69.2 Å². The minimum absolute atomic E-state index is 0.00812. The van der Waals surface area contributed by atoms with Gasteiger partial charge in [-0.05, 0) is 47.9 Å². The Bertz CT molecular complexity index is 924. The highest BCUT2D eigenvalue weighted by molar-refractivity contribution is 9.10. The van der Waals surface area contributed by atoms with Crippen LogP contribution in [0.4, 0.5) is 0 Å². The maximum absolute atomic E-state index is 12.8. The van der Waals surface area contributed by atoms with Gasteiger partial charge in [0.2, 0.25) is 0 Å². The summed E-state index contributed by atoms with van der Waals surface area (Å²) in [7, 11) is -1.43. The molecule has 1 N–H and O–H groups in total. The Morgan fingerprint density at radius 1 is 1.22 bits per heavy atom. The molecule has 0 fully saturated rings. The van der Waals surface area contributed by atoms with Gasteiger partial charge in [0.25, 0.3) is 5.91 Å². The predicted molar refractivity (Wildman–Crippen MR) is 115 cm³/mol. The highest BCUT2D eigenvalue weighted by atomic mass is 79.9. The topological polar surface area (TPSA) is 40.5 Å². The van der Waals surface area contributed by atoms with Crippen LogP contribution in [-0.2, 0) is 13.0 Å². The number of aliphatic hydroxyl groups is 1. The zero-order valence-electron chi connectivity index (χ0n) is 15.9. The first-order chi connectivity index (χ1) is 12.8. The van der Waals surface area contributed by atoms with Crippen LogP contribution >= 0.6 is 15.9 Å². The Hall–Kier alpha value is -1.87. The van der Waals surface area contributed by atoms with E-state index in [0.717, 1.165) is 26.7 Å². The Balaban J connectivity index is 1.78. The Kier molecular flexibility index (Phi) is 5.90. The minimum atomic E-state index is -1.43. The van der Waals surface area contributed by atoms with E-state index in [1.807, 2.05) is 36.4 Å². The second-order valence-electron chi connectivity index (χ2n) is 7.98. The average molecular weight is 442 g/mol. The van der Waals surface area contributed by atoms with E-state index in [9.17, 15) is 9.90 Å². The van der Waals surface area contributed by atoms with Crippen LogP contribution in [-0.4, -0.2) is 36.6 Å². The molecule has 0 saturated carbocycles. The Morgan fingerprint density at radius 2 is 2.00 bits per heavy atom. The quantitative estimate of drug-likeness (QED) is 0.569. The fourth-order valence-electron chi connectivity index (χ4n) is 3.19. The van der Waals surface area contributed by atoms with Crippen molar-refractivity contribution in [3.8, 4) is 11.5 Å². The molecule has 0 saturated heterocycles. The maximum atomic E-state index is 12.8. The average Bonchev–Trinajstić information content (AvgIpc) is 2.93. The number of rotatable bonds is 4. The molecule has 1 aliphatic heterocycles. The van der Waals surface area contributed by atoms with Crippen LogP contribution < -0.4 is 0 Å². The number of aliphatic hydroxyl groups excluding tert-OH is 1. The molecule has 2 aromatic carbocycles. The van der Waals surface area contributed by atoms with Gasteiger partial charge in [0.15, 0.2) is 0 Å². The number of hydrogen-bond acceptors (Lipinski definition) is 2. The number of hydrogen-bond donors (Lipinski definition) is 1. The molecule has 0 aliphatic carbocycles. The molecule has 3 rings (SSSR count). The molecule has 0 unspecified atom stereocenters. The van der Waals surface area contributed by atoms with Crippen molar-refractivity contribution in [2.24, 2.45) is 0 Å². The van der Waals surface area contributed by atoms with Gasteiger partial charge in [-0.2, -0.15) is 0 Å². The molecule has 1 atom stereocenters. The van der Waals surface area contributed by atoms with Crippen molar-refractivity contribution >= 4 is 29.9 Å². The lowest BCUT2D eigenvalue weighted by Crippen LogP contribution is -2.39. The molecule has 0 bridgehead atoms. The summed E-state index contributed by atoms with van der Waals surface area (Å²) in [5, 5.41) is 9.95. The van der Waals surface area contributed by atoms with E-state index in [2.05, 4.69) is 53.1 Å². The van der Waals surface area contributed by atoms with Gasteiger partial charge in [0, 0.05) is 22.1 Å². The molecular weight excluding hydrogens is 418 g/mol. The molecule has 0 aromatic heterocycles. The third-order valence-electron chi connectivity index (χ3n) is 4.53. The zero-order chi connectivity index (χ0) is 19.6. The lowest BCUT2D eigenvalue weighted by Gasteiger charge is -2.26. The molecule has 2 aromatic rings. The van der Waals surface area contributed by atoms with Crippen molar-refractivity contribution in [2.75, 3.05) is 6.61 Å². The minimum Gasteiger partial charge on any atom is -0.394 e. The van der Waals surface area contributed by atoms with Crippen molar-refractivity contribution in [3.63, 3.8) is 0 Å². The third kappa shape index (κ3) is 4.89. The van der Waals surface area contributed by atoms with Gasteiger partial charge in [-0.1, -0.05) is 53.6 Å². The normalized spacial score (nSPS) is 14.6. The van der Waals surface area contributed by atoms with Crippen LogP contribution in [0.1, 0.15) is 27.0 Å². The van der Waals surface area contributed by atoms with Crippen molar-refractivity contribution in [1.82, 2.24) is 4.90 Å². The van der Waals surface area contributed by atoms with E-state index in [4.69, 9.17) is 0 Å². The van der Waals surface area contributed by atoms with Gasteiger partial charge in [-0.25, -0.2) is 0 Å². The van der Waals surface area contributed by atoms with E-state index in [1.165, 1.54) is 0 Å². The van der Waals surface area contributed by atoms with Crippen molar-refractivity contribution in [2.45, 2.75) is 38.6 Å². The lowest BCUT2D eigenvalue weighted by atomic mass is 10.0. The molecule has 1 amide bonds. The number of fused-ring (bicyclic) bond motifs is 1. The Labute approximate surface area is 170 Å². The van der Waals surface area contributed by atoms with Gasteiger partial charge in [-0.3, -0.25) is 4.79 Å². The van der Waals surface area contributed by atoms with Crippen LogP contribution in [0.15, 0.2) is 46.9 Å². The van der Waals surface area contributed by atoms with Gasteiger partial charge >= 0.3 is 0 Å². The fraction of sp³-hybridized carbons (Fsp3) is 0.318. The summed E-state index contributed by atoms with van der Waals surface area (Å²) in [5.74, 6) is 3.27. The van der Waals surface area contributed by atoms with Crippen molar-refractivity contribution in [1.29, 1.82) is 0 Å². The summed E-state index contributed by atoms with van der Waals surface area (Å²) in [6, 6.07) is 13.6. The summed E-state index contributed by atoms with van der Waals surface area (Å²) in [4.78, 5) is 14.5. The first kappa shape index (κ1) is 19.9. The molecule has 0 spiro atoms. The second kappa shape index (κ2) is 8.01. The van der Waals surface area contributed by atoms with E-state index in [0.29, 0.717) is 13.0 Å². The number of carbonyl (C=O) groups excluding carboxylic acids is 1. The summed E-state index contributed by atoms with van der Waals surface area (Å²) >= 11 is 3.46. The smallest absolute Gasteiger partial charge is 0.254 e. The van der Waals surface area contributed by atoms with Crippen LogP contribution in [0.25, 0.3) is 0 Å². The van der Waals surface area contributed by atoms with E-state index in [-0.39, 0.29) is 18.6 Å². The molecule has 1 heterocycles. The van der Waals surface area contributed by atoms with E-state index >= 15 is 0 Å². The monoisotopic (exact) mass is 441 g/mol. The SMILES string of the molecule is C[Si](C)(C)C#Cc1cccc(C[C@@H](CO)N2Cc3cc(Br)ccc3C2=O)c1. The number of carbonyl (C=O) groups is 1. The van der Waals surface area contributed by atoms with E-state index < -0.39 is 8.07 Å². The number of amides is 1. The number of benzene rings is 2. The van der Waals surface area contributed by atoms with Gasteiger partial charge < -0.3 is 10.0 Å². The van der Waals surface area contributed by atoms with Gasteiger partial charge in [0.05, 0.1) is 12.6 Å². The van der Waals surface area contributed by atoms with E-state index in [1.54, 1.807) is 4.90 Å². The van der Waals surface area contributed by atoms with Crippen molar-refractivity contribution < 1.29 is 9.90 Å². The number of nitrogens with zero attached hydrogens (tertiary/aromatic N) is 1. The second-order valence-corrected chi connectivity index (χ2v) is 13.6. The van der Waals surface area contributed by atoms with Crippen LogP contribution in [0, 0.1) is 11.5 Å². The number of halogens is 1. The molecule has 140 valence electrons. The summed E-state index contributed by atoms with van der Waals surface area (Å²) in [6.45, 7) is 7.14. The van der Waals surface area contributed by atoms with Gasteiger partial charge in [-0.15, -0.1) is 5.54 Å². The summed E-state index contributed by atoms with van der Waals surface area (Å²) < 4.78 is 0.963. The Morgan fingerprint density at radius 3 is 2.70 bits per heavy atom. The highest BCUT2D eigenvalue weighted by Gasteiger charge is 2.32. The predicted octanol–water partition coefficient (Wildman–Crippen LogP) is 4.24. The van der Waals surface area contributed by atoms with Crippen LogP contribution in [0.5, 0.6) is 0 Å². The fourth-order valence-corrected chi connectivity index (χ4v) is 4.12. The largest absolute Gasteiger partial charge is 0.394 e. The van der Waals surface area contributed by atoms with Gasteiger partial charge in [0.1, 0.15) is 8.07 Å². The maximum Gasteiger partial charge on any atom is 0.254 e. The van der Waals surface area contributed by atoms with Crippen LogP contribution in [0.2, 0.25) is 19.6 Å². The third-order valence-corrected chi connectivity index (χ3v) is 5.90. The molecule has 27 heavy (non-hydrogen) atoms. The summed E-state index contributed by atoms with van der Waals surface area (Å²) in [5.41, 5.74) is 7.19. The first-order valence-corrected chi connectivity index (χ1v) is 13.4. The first-order valence-electron chi connectivity index (χ1n) is 9.09. The van der Waals surface area contributed by atoms with Crippen LogP contribution in [0.3, 0.4) is 0 Å².